The van der Waals surface area contributed by atoms with Gasteiger partial charge in [0.25, 0.3) is 0 Å². The summed E-state index contributed by atoms with van der Waals surface area (Å²) in [5.41, 5.74) is 2.35. The van der Waals surface area contributed by atoms with Gasteiger partial charge in [0.2, 0.25) is 0 Å². The molecule has 1 rings (SSSR count). The van der Waals surface area contributed by atoms with Crippen LogP contribution < -0.4 is 0 Å². The fraction of sp³-hybridized carbons (Fsp3) is 0.364. The molecule has 0 aliphatic rings. The lowest BCUT2D eigenvalue weighted by atomic mass is 10.1. The van der Waals surface area contributed by atoms with Crippen LogP contribution in [0.25, 0.3) is 0 Å². The van der Waals surface area contributed by atoms with Crippen LogP contribution in [0.15, 0.2) is 22.7 Å². The molecule has 1 aromatic carbocycles. The molecule has 0 aliphatic heterocycles. The summed E-state index contributed by atoms with van der Waals surface area (Å²) in [6, 6.07) is 6.17. The van der Waals surface area contributed by atoms with Crippen LogP contribution in [-0.2, 0) is 17.6 Å². The number of hydrogen-bond acceptors (Lipinski definition) is 1. The van der Waals surface area contributed by atoms with Gasteiger partial charge in [-0.1, -0.05) is 50.9 Å². The predicted octanol–water partition coefficient (Wildman–Crippen LogP) is 3.52. The van der Waals surface area contributed by atoms with E-state index in [-0.39, 0.29) is 5.78 Å². The van der Waals surface area contributed by atoms with Crippen LogP contribution in [-0.4, -0.2) is 11.1 Å². The van der Waals surface area contributed by atoms with E-state index in [2.05, 4.69) is 50.9 Å². The molecule has 3 heteroatoms. The lowest BCUT2D eigenvalue weighted by Crippen LogP contribution is -2.04. The van der Waals surface area contributed by atoms with Gasteiger partial charge in [0.05, 0.1) is 5.33 Å². The van der Waals surface area contributed by atoms with Crippen LogP contribution in [0.1, 0.15) is 18.1 Å². The SMILES string of the molecule is CCc1ccc(Br)c(CC(=O)CBr)c1. The smallest absolute Gasteiger partial charge is 0.147 e. The third kappa shape index (κ3) is 3.21. The first-order chi connectivity index (χ1) is 6.67. The summed E-state index contributed by atoms with van der Waals surface area (Å²) in [6.07, 6.45) is 1.50. The van der Waals surface area contributed by atoms with Gasteiger partial charge in [-0.15, -0.1) is 0 Å². The third-order valence-corrected chi connectivity index (χ3v) is 3.45. The van der Waals surface area contributed by atoms with Gasteiger partial charge in [-0.2, -0.15) is 0 Å². The van der Waals surface area contributed by atoms with Crippen molar-refractivity contribution < 1.29 is 4.79 Å². The van der Waals surface area contributed by atoms with E-state index in [9.17, 15) is 4.79 Å². The molecule has 0 atom stereocenters. The van der Waals surface area contributed by atoms with Crippen molar-refractivity contribution in [3.8, 4) is 0 Å². The summed E-state index contributed by atoms with van der Waals surface area (Å²) in [5, 5.41) is 0.426. The number of halogens is 2. The molecule has 0 aromatic heterocycles. The predicted molar refractivity (Wildman–Crippen MR) is 66.0 cm³/mol. The number of aryl methyl sites for hydroxylation is 1. The molecule has 0 unspecified atom stereocenters. The fourth-order valence-electron chi connectivity index (χ4n) is 1.24. The number of hydrogen-bond donors (Lipinski definition) is 0. The van der Waals surface area contributed by atoms with E-state index in [1.807, 2.05) is 6.07 Å². The number of Topliss-reactive ketones (excluding diaryl/α,β-unsaturated/α-hetero) is 1. The Morgan fingerprint density at radius 2 is 2.14 bits per heavy atom. The maximum atomic E-state index is 11.3. The Morgan fingerprint density at radius 3 is 2.71 bits per heavy atom. The molecule has 1 nitrogen and oxygen atoms in total. The van der Waals surface area contributed by atoms with Gasteiger partial charge >= 0.3 is 0 Å². The second-order valence-corrected chi connectivity index (χ2v) is 4.54. The minimum absolute atomic E-state index is 0.207. The summed E-state index contributed by atoms with van der Waals surface area (Å²) < 4.78 is 1.02. The standard InChI is InChI=1S/C11H12Br2O/c1-2-8-3-4-11(13)9(5-8)6-10(14)7-12/h3-5H,2,6-7H2,1H3. The monoisotopic (exact) mass is 318 g/mol. The summed E-state index contributed by atoms with van der Waals surface area (Å²) in [4.78, 5) is 11.3. The number of carbonyl (C=O) groups is 1. The molecule has 0 spiro atoms. The highest BCUT2D eigenvalue weighted by atomic mass is 79.9. The number of carbonyl (C=O) groups excluding carboxylic acids is 1. The molecular weight excluding hydrogens is 308 g/mol. The Morgan fingerprint density at radius 1 is 1.43 bits per heavy atom. The van der Waals surface area contributed by atoms with E-state index < -0.39 is 0 Å². The van der Waals surface area contributed by atoms with Gasteiger partial charge in [0, 0.05) is 10.9 Å². The zero-order chi connectivity index (χ0) is 10.6. The van der Waals surface area contributed by atoms with Crippen molar-refractivity contribution in [2.75, 3.05) is 5.33 Å². The molecular formula is C11H12Br2O. The first kappa shape index (κ1) is 11.9. The van der Waals surface area contributed by atoms with Crippen molar-refractivity contribution in [1.82, 2.24) is 0 Å². The quantitative estimate of drug-likeness (QED) is 0.776. The normalized spacial score (nSPS) is 10.2. The minimum atomic E-state index is 0.207. The molecule has 14 heavy (non-hydrogen) atoms. The van der Waals surface area contributed by atoms with Crippen molar-refractivity contribution in [1.29, 1.82) is 0 Å². The first-order valence-electron chi connectivity index (χ1n) is 4.52. The van der Waals surface area contributed by atoms with Gasteiger partial charge in [-0.05, 0) is 23.6 Å². The molecule has 0 radical (unpaired) electrons. The van der Waals surface area contributed by atoms with Crippen molar-refractivity contribution in [2.45, 2.75) is 19.8 Å². The topological polar surface area (TPSA) is 17.1 Å². The Kier molecular flexibility index (Phi) is 4.82. The maximum absolute atomic E-state index is 11.3. The van der Waals surface area contributed by atoms with Crippen LogP contribution in [0, 0.1) is 0 Å². The molecule has 0 amide bonds. The van der Waals surface area contributed by atoms with Gasteiger partial charge in [0.1, 0.15) is 5.78 Å². The Balaban J connectivity index is 2.89. The Labute approximate surface area is 101 Å². The molecule has 0 saturated heterocycles. The summed E-state index contributed by atoms with van der Waals surface area (Å²) in [5.74, 6) is 0.207. The molecule has 76 valence electrons. The summed E-state index contributed by atoms with van der Waals surface area (Å²) in [6.45, 7) is 2.11. The van der Waals surface area contributed by atoms with Gasteiger partial charge in [0.15, 0.2) is 0 Å². The van der Waals surface area contributed by atoms with Crippen LogP contribution in [0.2, 0.25) is 0 Å². The molecule has 0 bridgehead atoms. The fourth-order valence-corrected chi connectivity index (χ4v) is 1.83. The number of rotatable bonds is 4. The van der Waals surface area contributed by atoms with Gasteiger partial charge in [-0.3, -0.25) is 4.79 Å². The highest BCUT2D eigenvalue weighted by Gasteiger charge is 2.06. The van der Waals surface area contributed by atoms with Crippen LogP contribution in [0.4, 0.5) is 0 Å². The van der Waals surface area contributed by atoms with Crippen molar-refractivity contribution in [3.63, 3.8) is 0 Å². The molecule has 0 fully saturated rings. The molecule has 0 saturated carbocycles. The second kappa shape index (κ2) is 5.66. The average molecular weight is 320 g/mol. The van der Waals surface area contributed by atoms with Crippen LogP contribution in [0.5, 0.6) is 0 Å². The zero-order valence-electron chi connectivity index (χ0n) is 8.02. The van der Waals surface area contributed by atoms with Gasteiger partial charge in [-0.25, -0.2) is 0 Å². The minimum Gasteiger partial charge on any atom is -0.298 e. The molecule has 0 aliphatic carbocycles. The Hall–Kier alpha value is -0.150. The van der Waals surface area contributed by atoms with Crippen molar-refractivity contribution in [2.24, 2.45) is 0 Å². The number of benzene rings is 1. The first-order valence-corrected chi connectivity index (χ1v) is 6.43. The van der Waals surface area contributed by atoms with E-state index in [1.165, 1.54) is 5.56 Å². The zero-order valence-corrected chi connectivity index (χ0v) is 11.2. The highest BCUT2D eigenvalue weighted by Crippen LogP contribution is 2.19. The average Bonchev–Trinajstić information content (AvgIpc) is 2.21. The van der Waals surface area contributed by atoms with Crippen LogP contribution in [0.3, 0.4) is 0 Å². The number of ketones is 1. The summed E-state index contributed by atoms with van der Waals surface area (Å²) in [7, 11) is 0. The van der Waals surface area contributed by atoms with Crippen molar-refractivity contribution in [3.05, 3.63) is 33.8 Å². The highest BCUT2D eigenvalue weighted by molar-refractivity contribution is 9.10. The lowest BCUT2D eigenvalue weighted by Gasteiger charge is -2.05. The van der Waals surface area contributed by atoms with E-state index in [0.717, 1.165) is 16.5 Å². The van der Waals surface area contributed by atoms with Crippen molar-refractivity contribution >= 4 is 37.6 Å². The van der Waals surface area contributed by atoms with E-state index >= 15 is 0 Å². The summed E-state index contributed by atoms with van der Waals surface area (Å²) >= 11 is 6.62. The lowest BCUT2D eigenvalue weighted by molar-refractivity contribution is -0.115. The van der Waals surface area contributed by atoms with E-state index in [0.29, 0.717) is 11.8 Å². The largest absolute Gasteiger partial charge is 0.298 e. The van der Waals surface area contributed by atoms with Gasteiger partial charge < -0.3 is 0 Å². The maximum Gasteiger partial charge on any atom is 0.147 e. The van der Waals surface area contributed by atoms with E-state index in [4.69, 9.17) is 0 Å². The van der Waals surface area contributed by atoms with Crippen LogP contribution >= 0.6 is 31.9 Å². The number of alkyl halides is 1. The molecule has 0 N–H and O–H groups in total. The molecule has 0 heterocycles. The molecule has 1 aromatic rings. The van der Waals surface area contributed by atoms with E-state index in [1.54, 1.807) is 0 Å². The Bertz CT molecular complexity index is 334. The second-order valence-electron chi connectivity index (χ2n) is 3.13. The third-order valence-electron chi connectivity index (χ3n) is 2.06.